The number of anilines is 1. The third-order valence-electron chi connectivity index (χ3n) is 3.72. The normalized spacial score (nSPS) is 17.1. The highest BCUT2D eigenvalue weighted by Gasteiger charge is 2.20. The van der Waals surface area contributed by atoms with Gasteiger partial charge in [0.2, 0.25) is 0 Å². The summed E-state index contributed by atoms with van der Waals surface area (Å²) >= 11 is 3.53. The van der Waals surface area contributed by atoms with Crippen LogP contribution in [-0.4, -0.2) is 24.5 Å². The quantitative estimate of drug-likeness (QED) is 0.914. The van der Waals surface area contributed by atoms with Crippen molar-refractivity contribution in [1.82, 2.24) is 4.90 Å². The summed E-state index contributed by atoms with van der Waals surface area (Å²) in [4.78, 5) is 2.38. The molecule has 104 valence electrons. The molecular weight excluding hydrogens is 312 g/mol. The lowest BCUT2D eigenvalue weighted by Crippen LogP contribution is -2.32. The number of nitrogens with one attached hydrogen (secondary N) is 1. The van der Waals surface area contributed by atoms with Crippen LogP contribution in [0.4, 0.5) is 5.69 Å². The second-order valence-electron chi connectivity index (χ2n) is 5.53. The molecule has 2 aromatic carbocycles. The minimum absolute atomic E-state index is 0.518. The molecule has 3 heteroatoms. The van der Waals surface area contributed by atoms with E-state index in [1.54, 1.807) is 0 Å². The maximum atomic E-state index is 3.61. The van der Waals surface area contributed by atoms with Gasteiger partial charge in [0.25, 0.3) is 0 Å². The van der Waals surface area contributed by atoms with Gasteiger partial charge in [0, 0.05) is 29.3 Å². The summed E-state index contributed by atoms with van der Waals surface area (Å²) in [6.07, 6.45) is 1.12. The highest BCUT2D eigenvalue weighted by molar-refractivity contribution is 9.10. The molecule has 1 aliphatic heterocycles. The molecule has 20 heavy (non-hydrogen) atoms. The minimum atomic E-state index is 0.518. The Bertz CT molecular complexity index is 572. The van der Waals surface area contributed by atoms with Gasteiger partial charge in [-0.2, -0.15) is 0 Å². The van der Waals surface area contributed by atoms with Crippen molar-refractivity contribution in [3.8, 4) is 0 Å². The Morgan fingerprint density at radius 2 is 2.05 bits per heavy atom. The fraction of sp³-hybridized carbons (Fsp3) is 0.294. The Kier molecular flexibility index (Phi) is 4.08. The lowest BCUT2D eigenvalue weighted by atomic mass is 10.1. The zero-order valence-corrected chi connectivity index (χ0v) is 13.2. The summed E-state index contributed by atoms with van der Waals surface area (Å²) in [5, 5.41) is 3.61. The second kappa shape index (κ2) is 5.98. The number of hydrogen-bond acceptors (Lipinski definition) is 2. The van der Waals surface area contributed by atoms with E-state index in [1.165, 1.54) is 16.8 Å². The smallest absolute Gasteiger partial charge is 0.0429 e. The molecule has 0 fully saturated rings. The van der Waals surface area contributed by atoms with E-state index in [4.69, 9.17) is 0 Å². The standard InChI is InChI=1S/C17H19BrN2/c1-20(11-13-5-4-7-15(18)9-13)12-16-10-14-6-2-3-8-17(14)19-16/h2-9,16,19H,10-12H2,1H3. The Hall–Kier alpha value is -1.32. The van der Waals surface area contributed by atoms with Gasteiger partial charge in [0.05, 0.1) is 0 Å². The second-order valence-corrected chi connectivity index (χ2v) is 6.44. The molecule has 0 spiro atoms. The van der Waals surface area contributed by atoms with Crippen molar-refractivity contribution in [2.75, 3.05) is 18.9 Å². The minimum Gasteiger partial charge on any atom is -0.380 e. The van der Waals surface area contributed by atoms with Crippen LogP contribution in [0.5, 0.6) is 0 Å². The highest BCUT2D eigenvalue weighted by Crippen LogP contribution is 2.25. The molecule has 2 nitrogen and oxygen atoms in total. The van der Waals surface area contributed by atoms with Gasteiger partial charge in [-0.1, -0.05) is 46.3 Å². The van der Waals surface area contributed by atoms with E-state index >= 15 is 0 Å². The molecule has 1 heterocycles. The van der Waals surface area contributed by atoms with E-state index in [0.717, 1.165) is 24.0 Å². The maximum absolute atomic E-state index is 3.61. The molecular formula is C17H19BrN2. The summed E-state index contributed by atoms with van der Waals surface area (Å²) in [6.45, 7) is 2.04. The van der Waals surface area contributed by atoms with Crippen LogP contribution in [0.15, 0.2) is 53.0 Å². The molecule has 1 aliphatic rings. The number of likely N-dealkylation sites (N-methyl/N-ethyl adjacent to an activating group) is 1. The van der Waals surface area contributed by atoms with Crippen molar-refractivity contribution >= 4 is 21.6 Å². The van der Waals surface area contributed by atoms with Crippen LogP contribution in [-0.2, 0) is 13.0 Å². The van der Waals surface area contributed by atoms with Crippen LogP contribution in [0.3, 0.4) is 0 Å². The zero-order valence-electron chi connectivity index (χ0n) is 11.6. The van der Waals surface area contributed by atoms with Crippen LogP contribution < -0.4 is 5.32 Å². The van der Waals surface area contributed by atoms with Crippen molar-refractivity contribution < 1.29 is 0 Å². The number of rotatable bonds is 4. The van der Waals surface area contributed by atoms with E-state index in [9.17, 15) is 0 Å². The fourth-order valence-corrected chi connectivity index (χ4v) is 3.32. The van der Waals surface area contributed by atoms with Crippen LogP contribution in [0.2, 0.25) is 0 Å². The molecule has 3 rings (SSSR count). The predicted octanol–water partition coefficient (Wildman–Crippen LogP) is 3.92. The van der Waals surface area contributed by atoms with Crippen LogP contribution >= 0.6 is 15.9 Å². The van der Waals surface area contributed by atoms with Crippen molar-refractivity contribution in [1.29, 1.82) is 0 Å². The van der Waals surface area contributed by atoms with Crippen LogP contribution in [0.1, 0.15) is 11.1 Å². The number of halogens is 1. The Labute approximate surface area is 128 Å². The molecule has 0 amide bonds. The lowest BCUT2D eigenvalue weighted by Gasteiger charge is -2.21. The molecule has 0 bridgehead atoms. The fourth-order valence-electron chi connectivity index (χ4n) is 2.87. The molecule has 1 atom stereocenters. The van der Waals surface area contributed by atoms with Gasteiger partial charge >= 0.3 is 0 Å². The van der Waals surface area contributed by atoms with Crippen molar-refractivity contribution in [2.24, 2.45) is 0 Å². The van der Waals surface area contributed by atoms with Gasteiger partial charge in [-0.3, -0.25) is 0 Å². The van der Waals surface area contributed by atoms with Gasteiger partial charge < -0.3 is 10.2 Å². The Morgan fingerprint density at radius 3 is 2.85 bits per heavy atom. The van der Waals surface area contributed by atoms with Crippen molar-refractivity contribution in [2.45, 2.75) is 19.0 Å². The van der Waals surface area contributed by atoms with Gasteiger partial charge in [-0.05, 0) is 42.8 Å². The molecule has 1 unspecified atom stereocenters. The summed E-state index contributed by atoms with van der Waals surface area (Å²) in [7, 11) is 2.19. The van der Waals surface area contributed by atoms with E-state index in [-0.39, 0.29) is 0 Å². The van der Waals surface area contributed by atoms with Gasteiger partial charge in [-0.15, -0.1) is 0 Å². The SMILES string of the molecule is CN(Cc1cccc(Br)c1)CC1Cc2ccccc2N1. The first-order valence-electron chi connectivity index (χ1n) is 6.98. The molecule has 0 radical (unpaired) electrons. The third-order valence-corrected chi connectivity index (χ3v) is 4.21. The van der Waals surface area contributed by atoms with E-state index in [2.05, 4.69) is 81.7 Å². The molecule has 0 saturated heterocycles. The number of hydrogen-bond donors (Lipinski definition) is 1. The Balaban J connectivity index is 1.57. The topological polar surface area (TPSA) is 15.3 Å². The maximum Gasteiger partial charge on any atom is 0.0429 e. The van der Waals surface area contributed by atoms with Crippen molar-refractivity contribution in [3.05, 3.63) is 64.1 Å². The summed E-state index contributed by atoms with van der Waals surface area (Å²) in [5.41, 5.74) is 4.08. The molecule has 2 aromatic rings. The number of benzene rings is 2. The average Bonchev–Trinajstić information content (AvgIpc) is 2.80. The van der Waals surface area contributed by atoms with E-state index in [1.807, 2.05) is 0 Å². The third kappa shape index (κ3) is 3.22. The first-order chi connectivity index (χ1) is 9.70. The number of para-hydroxylation sites is 1. The molecule has 1 N–H and O–H groups in total. The highest BCUT2D eigenvalue weighted by atomic mass is 79.9. The van der Waals surface area contributed by atoms with Crippen LogP contribution in [0.25, 0.3) is 0 Å². The molecule has 0 aliphatic carbocycles. The first kappa shape index (κ1) is 13.7. The monoisotopic (exact) mass is 330 g/mol. The van der Waals surface area contributed by atoms with Gasteiger partial charge in [0.15, 0.2) is 0 Å². The predicted molar refractivity (Wildman–Crippen MR) is 88.0 cm³/mol. The largest absolute Gasteiger partial charge is 0.380 e. The molecule has 0 saturated carbocycles. The van der Waals surface area contributed by atoms with E-state index < -0.39 is 0 Å². The lowest BCUT2D eigenvalue weighted by molar-refractivity contribution is 0.312. The number of nitrogens with zero attached hydrogens (tertiary/aromatic N) is 1. The average molecular weight is 331 g/mol. The first-order valence-corrected chi connectivity index (χ1v) is 7.77. The van der Waals surface area contributed by atoms with Crippen molar-refractivity contribution in [3.63, 3.8) is 0 Å². The summed E-state index contributed by atoms with van der Waals surface area (Å²) in [5.74, 6) is 0. The Morgan fingerprint density at radius 1 is 1.20 bits per heavy atom. The van der Waals surface area contributed by atoms with Gasteiger partial charge in [0.1, 0.15) is 0 Å². The van der Waals surface area contributed by atoms with E-state index in [0.29, 0.717) is 6.04 Å². The zero-order chi connectivity index (χ0) is 13.9. The molecule has 0 aromatic heterocycles. The summed E-state index contributed by atoms with van der Waals surface area (Å²) < 4.78 is 1.15. The van der Waals surface area contributed by atoms with Crippen LogP contribution in [0, 0.1) is 0 Å². The number of fused-ring (bicyclic) bond motifs is 1. The summed E-state index contributed by atoms with van der Waals surface area (Å²) in [6, 6.07) is 17.7. The van der Waals surface area contributed by atoms with Gasteiger partial charge in [-0.25, -0.2) is 0 Å².